The maximum absolute atomic E-state index is 13.5. The van der Waals surface area contributed by atoms with Gasteiger partial charge in [-0.15, -0.1) is 0 Å². The number of ketones is 1. The van der Waals surface area contributed by atoms with Crippen LogP contribution in [-0.2, 0) is 9.59 Å². The molecule has 2 aromatic carbocycles. The highest BCUT2D eigenvalue weighted by molar-refractivity contribution is 6.46. The lowest BCUT2D eigenvalue weighted by Gasteiger charge is -2.35. The quantitative estimate of drug-likeness (QED) is 0.270. The largest absolute Gasteiger partial charge is 0.507 e. The molecular weight excluding hydrogens is 440 g/mol. The van der Waals surface area contributed by atoms with Crippen LogP contribution in [0.3, 0.4) is 0 Å². The fourth-order valence-electron chi connectivity index (χ4n) is 5.55. The van der Waals surface area contributed by atoms with Crippen molar-refractivity contribution in [1.82, 2.24) is 9.88 Å². The van der Waals surface area contributed by atoms with Gasteiger partial charge in [0.05, 0.1) is 17.7 Å². The summed E-state index contributed by atoms with van der Waals surface area (Å²) in [7, 11) is 0. The number of aromatic amines is 1. The lowest BCUT2D eigenvalue weighted by atomic mass is 9.90. The molecule has 1 aromatic heterocycles. The van der Waals surface area contributed by atoms with E-state index in [-0.39, 0.29) is 23.5 Å². The van der Waals surface area contributed by atoms with Crippen molar-refractivity contribution in [1.29, 1.82) is 0 Å². The van der Waals surface area contributed by atoms with Crippen LogP contribution in [0.4, 0.5) is 0 Å². The molecule has 5 rings (SSSR count). The first-order chi connectivity index (χ1) is 16.9. The second-order valence-electron chi connectivity index (χ2n) is 9.93. The minimum atomic E-state index is -0.638. The van der Waals surface area contributed by atoms with Crippen LogP contribution in [0.1, 0.15) is 68.7 Å². The zero-order valence-electron chi connectivity index (χ0n) is 20.5. The predicted molar refractivity (Wildman–Crippen MR) is 136 cm³/mol. The molecular formula is C29H32N2O4. The van der Waals surface area contributed by atoms with Gasteiger partial charge >= 0.3 is 0 Å². The van der Waals surface area contributed by atoms with Gasteiger partial charge in [0, 0.05) is 34.3 Å². The highest BCUT2D eigenvalue weighted by Gasteiger charge is 2.49. The van der Waals surface area contributed by atoms with Gasteiger partial charge in [-0.1, -0.05) is 37.5 Å². The Labute approximate surface area is 205 Å². The Morgan fingerprint density at radius 3 is 2.54 bits per heavy atom. The number of aliphatic hydroxyl groups is 1. The fourth-order valence-corrected chi connectivity index (χ4v) is 5.55. The number of likely N-dealkylation sites (tertiary alicyclic amines) is 1. The van der Waals surface area contributed by atoms with Gasteiger partial charge in [0.1, 0.15) is 11.5 Å². The summed E-state index contributed by atoms with van der Waals surface area (Å²) in [5.41, 5.74) is 3.28. The van der Waals surface area contributed by atoms with E-state index >= 15 is 0 Å². The SMILES string of the molecule is Cc1cc(/C(O)=C2\C(=O)C(=O)N(C3CCCCC3)C2c2c[nH]c3ccccc23)ccc1OC(C)C. The molecule has 3 aromatic rings. The Kier molecular flexibility index (Phi) is 6.13. The number of ether oxygens (including phenoxy) is 1. The molecule has 6 heteroatoms. The number of aliphatic hydroxyl groups excluding tert-OH is 1. The van der Waals surface area contributed by atoms with Crippen molar-refractivity contribution in [2.24, 2.45) is 0 Å². The number of aromatic nitrogens is 1. The molecule has 1 saturated heterocycles. The Bertz CT molecular complexity index is 1310. The summed E-state index contributed by atoms with van der Waals surface area (Å²) in [6.45, 7) is 5.83. The van der Waals surface area contributed by atoms with Gasteiger partial charge in [-0.3, -0.25) is 9.59 Å². The summed E-state index contributed by atoms with van der Waals surface area (Å²) in [5.74, 6) is -0.558. The van der Waals surface area contributed by atoms with Gasteiger partial charge in [0.25, 0.3) is 11.7 Å². The topological polar surface area (TPSA) is 82.6 Å². The molecule has 182 valence electrons. The van der Waals surface area contributed by atoms with Gasteiger partial charge in [-0.25, -0.2) is 0 Å². The molecule has 0 bridgehead atoms. The first-order valence-corrected chi connectivity index (χ1v) is 12.5. The first-order valence-electron chi connectivity index (χ1n) is 12.5. The number of para-hydroxylation sites is 1. The molecule has 2 N–H and O–H groups in total. The van der Waals surface area contributed by atoms with E-state index in [1.165, 1.54) is 0 Å². The van der Waals surface area contributed by atoms with Gasteiger partial charge in [0.15, 0.2) is 0 Å². The van der Waals surface area contributed by atoms with E-state index in [4.69, 9.17) is 4.74 Å². The number of fused-ring (bicyclic) bond motifs is 1. The van der Waals surface area contributed by atoms with Crippen molar-refractivity contribution < 1.29 is 19.4 Å². The van der Waals surface area contributed by atoms with Crippen molar-refractivity contribution in [3.63, 3.8) is 0 Å². The third-order valence-corrected chi connectivity index (χ3v) is 7.18. The van der Waals surface area contributed by atoms with Crippen LogP contribution in [0.5, 0.6) is 5.75 Å². The molecule has 2 heterocycles. The van der Waals surface area contributed by atoms with Crippen LogP contribution in [0, 0.1) is 6.92 Å². The molecule has 2 fully saturated rings. The summed E-state index contributed by atoms with van der Waals surface area (Å²) in [6, 6.07) is 12.6. The lowest BCUT2D eigenvalue weighted by Crippen LogP contribution is -2.40. The van der Waals surface area contributed by atoms with Crippen LogP contribution >= 0.6 is 0 Å². The zero-order chi connectivity index (χ0) is 24.7. The average molecular weight is 473 g/mol. The third kappa shape index (κ3) is 4.11. The van der Waals surface area contributed by atoms with Crippen LogP contribution in [-0.4, -0.2) is 38.8 Å². The number of hydrogen-bond acceptors (Lipinski definition) is 4. The van der Waals surface area contributed by atoms with E-state index in [1.54, 1.807) is 11.0 Å². The highest BCUT2D eigenvalue weighted by Crippen LogP contribution is 2.45. The molecule has 1 amide bonds. The molecule has 1 unspecified atom stereocenters. The molecule has 1 aliphatic heterocycles. The molecule has 2 aliphatic rings. The monoisotopic (exact) mass is 472 g/mol. The predicted octanol–water partition coefficient (Wildman–Crippen LogP) is 6.02. The zero-order valence-corrected chi connectivity index (χ0v) is 20.5. The first kappa shape index (κ1) is 23.2. The Hall–Kier alpha value is -3.54. The molecule has 1 saturated carbocycles. The van der Waals surface area contributed by atoms with E-state index in [2.05, 4.69) is 4.98 Å². The van der Waals surface area contributed by atoms with E-state index in [0.717, 1.165) is 59.9 Å². The van der Waals surface area contributed by atoms with E-state index in [0.29, 0.717) is 5.56 Å². The fraction of sp³-hybridized carbons (Fsp3) is 0.379. The maximum Gasteiger partial charge on any atom is 0.295 e. The van der Waals surface area contributed by atoms with Crippen molar-refractivity contribution in [3.8, 4) is 5.75 Å². The molecule has 0 radical (unpaired) electrons. The van der Waals surface area contributed by atoms with Gasteiger partial charge in [-0.2, -0.15) is 0 Å². The minimum Gasteiger partial charge on any atom is -0.507 e. The van der Waals surface area contributed by atoms with Crippen LogP contribution in [0.25, 0.3) is 16.7 Å². The van der Waals surface area contributed by atoms with E-state index in [1.807, 2.05) is 63.4 Å². The summed E-state index contributed by atoms with van der Waals surface area (Å²) in [4.78, 5) is 31.9. The van der Waals surface area contributed by atoms with Crippen molar-refractivity contribution >= 4 is 28.4 Å². The lowest BCUT2D eigenvalue weighted by molar-refractivity contribution is -0.141. The van der Waals surface area contributed by atoms with Gasteiger partial charge in [0.2, 0.25) is 0 Å². The Balaban J connectivity index is 1.67. The summed E-state index contributed by atoms with van der Waals surface area (Å²) in [5, 5.41) is 12.4. The second kappa shape index (κ2) is 9.25. The van der Waals surface area contributed by atoms with Crippen molar-refractivity contribution in [3.05, 3.63) is 70.9 Å². The summed E-state index contributed by atoms with van der Waals surface area (Å²) < 4.78 is 5.84. The number of H-pyrrole nitrogens is 1. The maximum atomic E-state index is 13.5. The normalized spacial score (nSPS) is 20.8. The number of Topliss-reactive ketones (excluding diaryl/α,β-unsaturated/α-hetero) is 1. The third-order valence-electron chi connectivity index (χ3n) is 7.18. The number of carbonyl (C=O) groups excluding carboxylic acids is 2. The van der Waals surface area contributed by atoms with Crippen LogP contribution < -0.4 is 4.74 Å². The summed E-state index contributed by atoms with van der Waals surface area (Å²) >= 11 is 0. The molecule has 0 spiro atoms. The Morgan fingerprint density at radius 1 is 1.09 bits per heavy atom. The van der Waals surface area contributed by atoms with Crippen molar-refractivity contribution in [2.45, 2.75) is 71.1 Å². The number of carbonyl (C=O) groups is 2. The van der Waals surface area contributed by atoms with Gasteiger partial charge in [-0.05, 0) is 63.4 Å². The van der Waals surface area contributed by atoms with Crippen LogP contribution in [0.2, 0.25) is 0 Å². The minimum absolute atomic E-state index is 0.0206. The number of amides is 1. The standard InChI is InChI=1S/C29H32N2O4/c1-17(2)35-24-14-13-19(15-18(24)3)27(32)25-26(22-16-30-23-12-8-7-11-21(22)23)31(29(34)28(25)33)20-9-5-4-6-10-20/h7-8,11-17,20,26,30,32H,4-6,9-10H2,1-3H3/b27-25+. The smallest absolute Gasteiger partial charge is 0.295 e. The van der Waals surface area contributed by atoms with Crippen molar-refractivity contribution in [2.75, 3.05) is 0 Å². The second-order valence-corrected chi connectivity index (χ2v) is 9.93. The van der Waals surface area contributed by atoms with Crippen LogP contribution in [0.15, 0.2) is 54.2 Å². The number of nitrogens with one attached hydrogen (secondary N) is 1. The number of rotatable bonds is 5. The van der Waals surface area contributed by atoms with E-state index in [9.17, 15) is 14.7 Å². The summed E-state index contributed by atoms with van der Waals surface area (Å²) in [6.07, 6.45) is 6.83. The molecule has 1 aliphatic carbocycles. The number of benzene rings is 2. The molecule has 6 nitrogen and oxygen atoms in total. The average Bonchev–Trinajstić information content (AvgIpc) is 3.39. The molecule has 35 heavy (non-hydrogen) atoms. The molecule has 1 atom stereocenters. The number of hydrogen-bond donors (Lipinski definition) is 2. The Morgan fingerprint density at radius 2 is 1.83 bits per heavy atom. The highest BCUT2D eigenvalue weighted by atomic mass is 16.5. The van der Waals surface area contributed by atoms with Gasteiger partial charge < -0.3 is 19.7 Å². The van der Waals surface area contributed by atoms with E-state index < -0.39 is 17.7 Å². The number of aryl methyl sites for hydroxylation is 1. The number of nitrogens with zero attached hydrogens (tertiary/aromatic N) is 1.